The molecule has 1 aromatic carbocycles. The number of sulfone groups is 1. The minimum absolute atomic E-state index is 0.0607. The first-order chi connectivity index (χ1) is 9.38. The lowest BCUT2D eigenvalue weighted by Gasteiger charge is -2.05. The van der Waals surface area contributed by atoms with E-state index in [0.717, 1.165) is 3.57 Å². The molecule has 1 heterocycles. The summed E-state index contributed by atoms with van der Waals surface area (Å²) in [5.74, 6) is -1.17. The van der Waals surface area contributed by atoms with E-state index in [1.807, 2.05) is 0 Å². The SMILES string of the molecule is O=C(O)c1ccc(S(=O)(=O)CCn2cc(I)cn2)cc1. The maximum Gasteiger partial charge on any atom is 0.335 e. The van der Waals surface area contributed by atoms with Crippen LogP contribution in [0.4, 0.5) is 0 Å². The quantitative estimate of drug-likeness (QED) is 0.764. The molecule has 1 aromatic heterocycles. The molecule has 0 aliphatic carbocycles. The number of benzene rings is 1. The second kappa shape index (κ2) is 5.92. The van der Waals surface area contributed by atoms with Crippen LogP contribution in [0.3, 0.4) is 0 Å². The number of nitrogens with zero attached hydrogens (tertiary/aromatic N) is 2. The van der Waals surface area contributed by atoms with Gasteiger partial charge in [0.1, 0.15) is 0 Å². The van der Waals surface area contributed by atoms with Gasteiger partial charge >= 0.3 is 5.97 Å². The third-order valence-corrected chi connectivity index (χ3v) is 4.92. The fraction of sp³-hybridized carbons (Fsp3) is 0.167. The molecule has 0 bridgehead atoms. The number of rotatable bonds is 5. The minimum atomic E-state index is -3.45. The van der Waals surface area contributed by atoms with Crippen molar-refractivity contribution in [2.75, 3.05) is 5.75 Å². The Hall–Kier alpha value is -1.42. The van der Waals surface area contributed by atoms with Crippen molar-refractivity contribution >= 4 is 38.4 Å². The van der Waals surface area contributed by atoms with Gasteiger partial charge in [-0.05, 0) is 46.9 Å². The number of carbonyl (C=O) groups is 1. The zero-order valence-corrected chi connectivity index (χ0v) is 13.2. The monoisotopic (exact) mass is 406 g/mol. The van der Waals surface area contributed by atoms with Gasteiger partial charge in [-0.3, -0.25) is 4.68 Å². The van der Waals surface area contributed by atoms with Gasteiger partial charge in [-0.2, -0.15) is 5.10 Å². The Bertz CT molecular complexity index is 722. The third kappa shape index (κ3) is 3.57. The van der Waals surface area contributed by atoms with Crippen molar-refractivity contribution < 1.29 is 18.3 Å². The second-order valence-electron chi connectivity index (χ2n) is 4.07. The van der Waals surface area contributed by atoms with E-state index in [4.69, 9.17) is 5.11 Å². The van der Waals surface area contributed by atoms with Crippen LogP contribution in [0.5, 0.6) is 0 Å². The summed E-state index contributed by atoms with van der Waals surface area (Å²) in [6.45, 7) is 0.256. The molecule has 1 N–H and O–H groups in total. The van der Waals surface area contributed by atoms with Crippen molar-refractivity contribution in [3.8, 4) is 0 Å². The van der Waals surface area contributed by atoms with Crippen molar-refractivity contribution in [3.63, 3.8) is 0 Å². The molecule has 0 aliphatic rings. The van der Waals surface area contributed by atoms with Crippen LogP contribution >= 0.6 is 22.6 Å². The average molecular weight is 406 g/mol. The predicted molar refractivity (Wildman–Crippen MR) is 80.4 cm³/mol. The van der Waals surface area contributed by atoms with E-state index in [-0.39, 0.29) is 22.8 Å². The summed E-state index contributed by atoms with van der Waals surface area (Å²) in [4.78, 5) is 10.8. The molecular weight excluding hydrogens is 395 g/mol. The lowest BCUT2D eigenvalue weighted by atomic mass is 10.2. The van der Waals surface area contributed by atoms with Crippen LogP contribution in [0.1, 0.15) is 10.4 Å². The minimum Gasteiger partial charge on any atom is -0.478 e. The van der Waals surface area contributed by atoms with Gasteiger partial charge in [0.15, 0.2) is 9.84 Å². The predicted octanol–water partition coefficient (Wildman–Crippen LogP) is 1.66. The summed E-state index contributed by atoms with van der Waals surface area (Å²) >= 11 is 2.09. The van der Waals surface area contributed by atoms with Gasteiger partial charge in [-0.25, -0.2) is 13.2 Å². The van der Waals surface area contributed by atoms with Crippen molar-refractivity contribution in [2.24, 2.45) is 0 Å². The Morgan fingerprint density at radius 2 is 1.95 bits per heavy atom. The molecule has 0 radical (unpaired) electrons. The van der Waals surface area contributed by atoms with E-state index in [1.165, 1.54) is 24.3 Å². The van der Waals surface area contributed by atoms with E-state index in [9.17, 15) is 13.2 Å². The van der Waals surface area contributed by atoms with Crippen molar-refractivity contribution in [1.29, 1.82) is 0 Å². The van der Waals surface area contributed by atoms with Crippen LogP contribution in [-0.4, -0.2) is 35.0 Å². The second-order valence-corrected chi connectivity index (χ2v) is 7.42. The molecule has 106 valence electrons. The molecule has 20 heavy (non-hydrogen) atoms. The average Bonchev–Trinajstić information content (AvgIpc) is 2.82. The van der Waals surface area contributed by atoms with Crippen LogP contribution in [0, 0.1) is 3.57 Å². The molecule has 0 aliphatic heterocycles. The maximum absolute atomic E-state index is 12.1. The van der Waals surface area contributed by atoms with E-state index in [0.29, 0.717) is 0 Å². The summed E-state index contributed by atoms with van der Waals surface area (Å²) < 4.78 is 26.7. The highest BCUT2D eigenvalue weighted by Crippen LogP contribution is 2.13. The number of hydrogen-bond acceptors (Lipinski definition) is 4. The Morgan fingerprint density at radius 3 is 2.45 bits per heavy atom. The maximum atomic E-state index is 12.1. The molecule has 6 nitrogen and oxygen atoms in total. The highest BCUT2D eigenvalue weighted by atomic mass is 127. The van der Waals surface area contributed by atoms with Gasteiger partial charge in [0.05, 0.1) is 32.5 Å². The van der Waals surface area contributed by atoms with E-state index in [1.54, 1.807) is 17.1 Å². The van der Waals surface area contributed by atoms with Crippen LogP contribution in [0.25, 0.3) is 0 Å². The van der Waals surface area contributed by atoms with Gasteiger partial charge in [-0.15, -0.1) is 0 Å². The molecule has 0 spiro atoms. The summed E-state index contributed by atoms with van der Waals surface area (Å²) in [6.07, 6.45) is 3.40. The topological polar surface area (TPSA) is 89.3 Å². The summed E-state index contributed by atoms with van der Waals surface area (Å²) in [6, 6.07) is 5.19. The smallest absolute Gasteiger partial charge is 0.335 e. The molecular formula is C12H11IN2O4S. The molecule has 0 saturated heterocycles. The van der Waals surface area contributed by atoms with E-state index < -0.39 is 15.8 Å². The molecule has 2 rings (SSSR count). The molecule has 8 heteroatoms. The molecule has 0 atom stereocenters. The zero-order valence-electron chi connectivity index (χ0n) is 10.2. The lowest BCUT2D eigenvalue weighted by Crippen LogP contribution is -2.13. The van der Waals surface area contributed by atoms with Crippen LogP contribution in [-0.2, 0) is 16.4 Å². The number of aromatic carboxylic acids is 1. The first-order valence-electron chi connectivity index (χ1n) is 5.62. The highest BCUT2D eigenvalue weighted by molar-refractivity contribution is 14.1. The first kappa shape index (κ1) is 15.0. The van der Waals surface area contributed by atoms with E-state index in [2.05, 4.69) is 27.7 Å². The number of halogens is 1. The summed E-state index contributed by atoms with van der Waals surface area (Å²) in [5.41, 5.74) is 0.0607. The Balaban J connectivity index is 2.11. The van der Waals surface area contributed by atoms with Crippen LogP contribution in [0.15, 0.2) is 41.6 Å². The van der Waals surface area contributed by atoms with Gasteiger partial charge in [0.25, 0.3) is 0 Å². The fourth-order valence-corrected chi connectivity index (χ4v) is 3.26. The standard InChI is InChI=1S/C12H11IN2O4S/c13-10-7-14-15(8-10)5-6-20(18,19)11-3-1-9(2-4-11)12(16)17/h1-4,7-8H,5-6H2,(H,16,17). The Kier molecular flexibility index (Phi) is 4.43. The number of hydrogen-bond donors (Lipinski definition) is 1. The van der Waals surface area contributed by atoms with E-state index >= 15 is 0 Å². The largest absolute Gasteiger partial charge is 0.478 e. The van der Waals surface area contributed by atoms with Gasteiger partial charge in [0, 0.05) is 6.20 Å². The lowest BCUT2D eigenvalue weighted by molar-refractivity contribution is 0.0697. The normalized spacial score (nSPS) is 11.4. The molecule has 2 aromatic rings. The van der Waals surface area contributed by atoms with Gasteiger partial charge < -0.3 is 5.11 Å². The third-order valence-electron chi connectivity index (χ3n) is 2.65. The number of aryl methyl sites for hydroxylation is 1. The summed E-state index contributed by atoms with van der Waals surface area (Å²) in [5, 5.41) is 12.8. The summed E-state index contributed by atoms with van der Waals surface area (Å²) in [7, 11) is -3.45. The van der Waals surface area contributed by atoms with Crippen LogP contribution in [0.2, 0.25) is 0 Å². The molecule has 0 fully saturated rings. The molecule has 0 saturated carbocycles. The van der Waals surface area contributed by atoms with Crippen molar-refractivity contribution in [2.45, 2.75) is 11.4 Å². The molecule has 0 amide bonds. The van der Waals surface area contributed by atoms with Crippen molar-refractivity contribution in [3.05, 3.63) is 45.8 Å². The fourth-order valence-electron chi connectivity index (χ4n) is 1.60. The zero-order chi connectivity index (χ0) is 14.8. The number of carboxylic acids is 1. The molecule has 0 unspecified atom stereocenters. The van der Waals surface area contributed by atoms with Gasteiger partial charge in [0.2, 0.25) is 0 Å². The Labute approximate surface area is 129 Å². The number of carboxylic acid groups (broad SMARTS) is 1. The Morgan fingerprint density at radius 1 is 1.30 bits per heavy atom. The first-order valence-corrected chi connectivity index (χ1v) is 8.36. The highest BCUT2D eigenvalue weighted by Gasteiger charge is 2.15. The number of aromatic nitrogens is 2. The van der Waals surface area contributed by atoms with Gasteiger partial charge in [-0.1, -0.05) is 0 Å². The van der Waals surface area contributed by atoms with Crippen molar-refractivity contribution in [1.82, 2.24) is 9.78 Å². The van der Waals surface area contributed by atoms with Crippen LogP contribution < -0.4 is 0 Å².